The highest BCUT2D eigenvalue weighted by molar-refractivity contribution is 5.99. The molecule has 0 saturated heterocycles. The van der Waals surface area contributed by atoms with E-state index in [1.54, 1.807) is 25.2 Å². The summed E-state index contributed by atoms with van der Waals surface area (Å²) in [5.74, 6) is -0.213. The number of nitrogens with one attached hydrogen (secondary N) is 2. The molecule has 0 unspecified atom stereocenters. The molecule has 0 aliphatic carbocycles. The van der Waals surface area contributed by atoms with Crippen molar-refractivity contribution in [3.8, 4) is 0 Å². The van der Waals surface area contributed by atoms with Gasteiger partial charge < -0.3 is 5.32 Å². The fraction of sp³-hybridized carbons (Fsp3) is 0.286. The summed E-state index contributed by atoms with van der Waals surface area (Å²) in [6.07, 6.45) is 0. The van der Waals surface area contributed by atoms with Gasteiger partial charge in [-0.15, -0.1) is 0 Å². The Labute approximate surface area is 112 Å². The summed E-state index contributed by atoms with van der Waals surface area (Å²) >= 11 is 0. The summed E-state index contributed by atoms with van der Waals surface area (Å²) in [5, 5.41) is 5.89. The number of aromatic nitrogens is 1. The average molecular weight is 258 g/mol. The van der Waals surface area contributed by atoms with Crippen molar-refractivity contribution in [3.05, 3.63) is 36.0 Å². The lowest BCUT2D eigenvalue weighted by Crippen LogP contribution is -2.36. The van der Waals surface area contributed by atoms with Gasteiger partial charge in [0.1, 0.15) is 5.69 Å². The van der Waals surface area contributed by atoms with Crippen LogP contribution in [0.5, 0.6) is 0 Å². The number of pyridine rings is 1. The van der Waals surface area contributed by atoms with Crippen molar-refractivity contribution in [3.63, 3.8) is 0 Å². The van der Waals surface area contributed by atoms with Gasteiger partial charge in [-0.2, -0.15) is 0 Å². The average Bonchev–Trinajstić information content (AvgIpc) is 2.38. The lowest BCUT2D eigenvalue weighted by atomic mass is 10.1. The Balaban J connectivity index is 2.48. The zero-order chi connectivity index (χ0) is 13.8. The quantitative estimate of drug-likeness (QED) is 0.822. The first-order valence-electron chi connectivity index (χ1n) is 6.23. The van der Waals surface area contributed by atoms with Crippen LogP contribution >= 0.6 is 0 Å². The second-order valence-corrected chi connectivity index (χ2v) is 4.44. The molecule has 5 nitrogen and oxygen atoms in total. The van der Waals surface area contributed by atoms with Gasteiger partial charge in [0.15, 0.2) is 0 Å². The minimum Gasteiger partial charge on any atom is -0.385 e. The van der Waals surface area contributed by atoms with Gasteiger partial charge in [-0.05, 0) is 19.1 Å². The number of hydrogen-bond donors (Lipinski definition) is 2. The van der Waals surface area contributed by atoms with Crippen LogP contribution in [0.3, 0.4) is 0 Å². The van der Waals surface area contributed by atoms with E-state index in [9.17, 15) is 4.79 Å². The Morgan fingerprint density at radius 2 is 2.05 bits per heavy atom. The van der Waals surface area contributed by atoms with E-state index in [2.05, 4.69) is 15.7 Å². The number of carbonyl (C=O) groups is 1. The normalized spacial score (nSPS) is 10.7. The fourth-order valence-electron chi connectivity index (χ4n) is 1.89. The Hall–Kier alpha value is -2.14. The second-order valence-electron chi connectivity index (χ2n) is 4.44. The van der Waals surface area contributed by atoms with Crippen LogP contribution in [-0.2, 0) is 0 Å². The number of hydrazine groups is 1. The highest BCUT2D eigenvalue weighted by atomic mass is 16.2. The Bertz CT molecular complexity index is 595. The van der Waals surface area contributed by atoms with Crippen molar-refractivity contribution < 1.29 is 4.79 Å². The third-order valence-corrected chi connectivity index (χ3v) is 2.64. The summed E-state index contributed by atoms with van der Waals surface area (Å²) in [7, 11) is 3.54. The molecular weight excluding hydrogens is 240 g/mol. The van der Waals surface area contributed by atoms with Crippen LogP contribution in [-0.4, -0.2) is 36.5 Å². The summed E-state index contributed by atoms with van der Waals surface area (Å²) < 4.78 is 0. The van der Waals surface area contributed by atoms with E-state index < -0.39 is 0 Å². The van der Waals surface area contributed by atoms with E-state index >= 15 is 0 Å². The number of fused-ring (bicyclic) bond motifs is 1. The summed E-state index contributed by atoms with van der Waals surface area (Å²) in [6.45, 7) is 2.82. The molecule has 2 rings (SSSR count). The van der Waals surface area contributed by atoms with Gasteiger partial charge in [-0.3, -0.25) is 10.2 Å². The second kappa shape index (κ2) is 5.67. The Kier molecular flexibility index (Phi) is 3.97. The molecule has 5 heteroatoms. The minimum absolute atomic E-state index is 0.213. The molecule has 1 aromatic carbocycles. The summed E-state index contributed by atoms with van der Waals surface area (Å²) in [6, 6.07) is 9.56. The van der Waals surface area contributed by atoms with Crippen molar-refractivity contribution in [1.29, 1.82) is 0 Å². The molecule has 2 aromatic rings. The molecule has 0 atom stereocenters. The van der Waals surface area contributed by atoms with E-state index in [1.807, 2.05) is 31.2 Å². The van der Waals surface area contributed by atoms with Crippen molar-refractivity contribution in [1.82, 2.24) is 15.4 Å². The molecular formula is C14H18N4O. The number of amides is 1. The van der Waals surface area contributed by atoms with E-state index in [1.165, 1.54) is 0 Å². The molecule has 0 aliphatic rings. The lowest BCUT2D eigenvalue weighted by Gasteiger charge is -2.13. The molecule has 100 valence electrons. The van der Waals surface area contributed by atoms with Crippen LogP contribution < -0.4 is 10.7 Å². The third-order valence-electron chi connectivity index (χ3n) is 2.64. The molecule has 2 N–H and O–H groups in total. The predicted molar refractivity (Wildman–Crippen MR) is 77.1 cm³/mol. The number of nitrogens with zero attached hydrogens (tertiary/aromatic N) is 2. The van der Waals surface area contributed by atoms with Crippen LogP contribution in [0, 0.1) is 0 Å². The molecule has 0 radical (unpaired) electrons. The highest BCUT2D eigenvalue weighted by Gasteiger charge is 2.11. The van der Waals surface area contributed by atoms with Crippen molar-refractivity contribution in [2.75, 3.05) is 26.0 Å². The first kappa shape index (κ1) is 13.3. The van der Waals surface area contributed by atoms with Crippen LogP contribution in [0.15, 0.2) is 30.3 Å². The van der Waals surface area contributed by atoms with E-state index in [0.29, 0.717) is 5.69 Å². The van der Waals surface area contributed by atoms with Crippen LogP contribution in [0.4, 0.5) is 5.69 Å². The van der Waals surface area contributed by atoms with E-state index in [0.717, 1.165) is 23.1 Å². The number of carbonyl (C=O) groups excluding carboxylic acids is 1. The van der Waals surface area contributed by atoms with E-state index in [-0.39, 0.29) is 5.91 Å². The van der Waals surface area contributed by atoms with Gasteiger partial charge in [0, 0.05) is 31.7 Å². The molecule has 0 aliphatic heterocycles. The van der Waals surface area contributed by atoms with Crippen molar-refractivity contribution in [2.45, 2.75) is 6.92 Å². The molecule has 19 heavy (non-hydrogen) atoms. The fourth-order valence-corrected chi connectivity index (χ4v) is 1.89. The zero-order valence-corrected chi connectivity index (χ0v) is 11.4. The number of hydrogen-bond acceptors (Lipinski definition) is 4. The predicted octanol–water partition coefficient (Wildman–Crippen LogP) is 1.87. The van der Waals surface area contributed by atoms with Crippen LogP contribution in [0.25, 0.3) is 10.9 Å². The Morgan fingerprint density at radius 3 is 2.74 bits per heavy atom. The molecule has 0 saturated carbocycles. The summed E-state index contributed by atoms with van der Waals surface area (Å²) in [5.41, 5.74) is 4.84. The number of para-hydroxylation sites is 1. The number of rotatable bonds is 4. The van der Waals surface area contributed by atoms with E-state index in [4.69, 9.17) is 0 Å². The van der Waals surface area contributed by atoms with Gasteiger partial charge in [-0.25, -0.2) is 9.99 Å². The van der Waals surface area contributed by atoms with Gasteiger partial charge in [0.25, 0.3) is 5.91 Å². The Morgan fingerprint density at radius 1 is 1.32 bits per heavy atom. The summed E-state index contributed by atoms with van der Waals surface area (Å²) in [4.78, 5) is 16.4. The molecule has 0 spiro atoms. The first-order valence-corrected chi connectivity index (χ1v) is 6.23. The molecule has 0 bridgehead atoms. The van der Waals surface area contributed by atoms with Crippen molar-refractivity contribution in [2.24, 2.45) is 0 Å². The van der Waals surface area contributed by atoms with Crippen molar-refractivity contribution >= 4 is 22.5 Å². The maximum atomic E-state index is 12.0. The zero-order valence-electron chi connectivity index (χ0n) is 11.4. The highest BCUT2D eigenvalue weighted by Crippen LogP contribution is 2.22. The minimum atomic E-state index is -0.213. The van der Waals surface area contributed by atoms with Gasteiger partial charge in [0.2, 0.25) is 0 Å². The number of anilines is 1. The maximum absolute atomic E-state index is 12.0. The molecule has 1 amide bonds. The standard InChI is InChI=1S/C14H18N4O/c1-4-15-12-9-13(14(19)17-18(2)3)16-11-8-6-5-7-10(11)12/h5-9H,4H2,1-3H3,(H,15,16)(H,17,19). The topological polar surface area (TPSA) is 57.3 Å². The smallest absolute Gasteiger partial charge is 0.284 e. The van der Waals surface area contributed by atoms with Gasteiger partial charge in [0.05, 0.1) is 5.52 Å². The lowest BCUT2D eigenvalue weighted by molar-refractivity contribution is 0.0852. The molecule has 1 aromatic heterocycles. The van der Waals surface area contributed by atoms with Gasteiger partial charge in [-0.1, -0.05) is 18.2 Å². The molecule has 0 fully saturated rings. The third kappa shape index (κ3) is 3.00. The number of benzene rings is 1. The van der Waals surface area contributed by atoms with Crippen LogP contribution in [0.2, 0.25) is 0 Å². The van der Waals surface area contributed by atoms with Gasteiger partial charge >= 0.3 is 0 Å². The van der Waals surface area contributed by atoms with Crippen LogP contribution in [0.1, 0.15) is 17.4 Å². The monoisotopic (exact) mass is 258 g/mol. The SMILES string of the molecule is CCNc1cc(C(=O)NN(C)C)nc2ccccc12. The largest absolute Gasteiger partial charge is 0.385 e. The first-order chi connectivity index (χ1) is 9.11. The molecule has 1 heterocycles. The maximum Gasteiger partial charge on any atom is 0.284 e.